The van der Waals surface area contributed by atoms with Gasteiger partial charge >= 0.3 is 26.2 Å². The second-order valence-corrected chi connectivity index (χ2v) is 10.7. The van der Waals surface area contributed by atoms with Gasteiger partial charge in [-0.3, -0.25) is 0 Å². The van der Waals surface area contributed by atoms with E-state index in [4.69, 9.17) is 0 Å². The van der Waals surface area contributed by atoms with Crippen LogP contribution in [0.3, 0.4) is 0 Å². The van der Waals surface area contributed by atoms with Crippen molar-refractivity contribution in [3.05, 3.63) is 61.4 Å². The Bertz CT molecular complexity index is 623. The van der Waals surface area contributed by atoms with Gasteiger partial charge in [-0.25, -0.2) is 0 Å². The minimum Gasteiger partial charge on any atom is -0.341 e. The molecule has 4 aliphatic rings. The van der Waals surface area contributed by atoms with Crippen LogP contribution in [0, 0.1) is 30.6 Å². The summed E-state index contributed by atoms with van der Waals surface area (Å²) in [6, 6.07) is 11.4. The molecule has 1 heterocycles. The number of benzene rings is 1. The summed E-state index contributed by atoms with van der Waals surface area (Å²) in [4.78, 5) is 2.65. The largest absolute Gasteiger partial charge is 2.00 e. The quantitative estimate of drug-likeness (QED) is 0.290. The van der Waals surface area contributed by atoms with E-state index in [1.165, 1.54) is 88.2 Å². The molecule has 0 amide bonds. The van der Waals surface area contributed by atoms with Crippen molar-refractivity contribution >= 4 is 0 Å². The Kier molecular flexibility index (Phi) is 12.5. The van der Waals surface area contributed by atoms with Gasteiger partial charge in [-0.15, -0.1) is 0 Å². The Morgan fingerprint density at radius 2 is 1.50 bits per heavy atom. The zero-order valence-electron chi connectivity index (χ0n) is 21.0. The smallest absolute Gasteiger partial charge is 0.341 e. The van der Waals surface area contributed by atoms with Crippen molar-refractivity contribution in [1.29, 1.82) is 0 Å². The van der Waals surface area contributed by atoms with Crippen LogP contribution in [0.15, 0.2) is 42.5 Å². The molecule has 4 atom stereocenters. The first kappa shape index (κ1) is 28.0. The maximum Gasteiger partial charge on any atom is 2.00 e. The molecule has 0 aromatic heterocycles. The first-order valence-corrected chi connectivity index (χ1v) is 13.1. The summed E-state index contributed by atoms with van der Waals surface area (Å²) in [5.74, 6) is 1.14. The summed E-state index contributed by atoms with van der Waals surface area (Å²) in [6.45, 7) is 15.4. The van der Waals surface area contributed by atoms with Gasteiger partial charge in [0, 0.05) is 6.54 Å². The molecular formula is C30H47NZr. The molecular weight excluding hydrogens is 466 g/mol. The van der Waals surface area contributed by atoms with Crippen molar-refractivity contribution in [2.75, 3.05) is 6.54 Å². The van der Waals surface area contributed by atoms with Crippen molar-refractivity contribution in [3.8, 4) is 0 Å². The molecule has 1 aromatic rings. The van der Waals surface area contributed by atoms with E-state index in [2.05, 4.69) is 69.0 Å². The van der Waals surface area contributed by atoms with E-state index in [1.807, 2.05) is 0 Å². The molecule has 2 heteroatoms. The van der Waals surface area contributed by atoms with Gasteiger partial charge < -0.3 is 18.2 Å². The number of hydrogen-bond donors (Lipinski definition) is 0. The number of likely N-dealkylation sites (tertiary alicyclic amines) is 1. The summed E-state index contributed by atoms with van der Waals surface area (Å²) in [7, 11) is 0. The molecule has 0 radical (unpaired) electrons. The predicted octanol–water partition coefficient (Wildman–Crippen LogP) is 8.42. The molecule has 3 aliphatic carbocycles. The summed E-state index contributed by atoms with van der Waals surface area (Å²) in [6.07, 6.45) is 20.0. The molecule has 1 aliphatic heterocycles. The van der Waals surface area contributed by atoms with Gasteiger partial charge in [-0.1, -0.05) is 114 Å². The van der Waals surface area contributed by atoms with Crippen LogP contribution in [0.5, 0.6) is 0 Å². The van der Waals surface area contributed by atoms with E-state index in [-0.39, 0.29) is 31.6 Å². The molecule has 4 fully saturated rings. The maximum absolute atomic E-state index is 4.46. The molecule has 0 unspecified atom stereocenters. The third-order valence-corrected chi connectivity index (χ3v) is 8.27. The van der Waals surface area contributed by atoms with Gasteiger partial charge in [0.05, 0.1) is 0 Å². The van der Waals surface area contributed by atoms with E-state index in [1.54, 1.807) is 0 Å². The van der Waals surface area contributed by atoms with Gasteiger partial charge in [0.15, 0.2) is 0 Å². The van der Waals surface area contributed by atoms with Crippen molar-refractivity contribution in [1.82, 2.24) is 4.90 Å². The zero-order chi connectivity index (χ0) is 22.1. The van der Waals surface area contributed by atoms with Crippen LogP contribution in [0.4, 0.5) is 0 Å². The molecule has 0 spiro atoms. The van der Waals surface area contributed by atoms with Gasteiger partial charge in [-0.2, -0.15) is 17.8 Å². The van der Waals surface area contributed by atoms with Crippen LogP contribution < -0.4 is 0 Å². The van der Waals surface area contributed by atoms with Gasteiger partial charge in [-0.05, 0) is 37.4 Å². The Morgan fingerprint density at radius 3 is 1.97 bits per heavy atom. The summed E-state index contributed by atoms with van der Waals surface area (Å²) >= 11 is 0. The van der Waals surface area contributed by atoms with Gasteiger partial charge in [0.2, 0.25) is 0 Å². The SMILES string of the molecule is C1CCCC1.C1CCCC1.C=C(C)[C@H]1C[CH-][C@]2(C)[C@H]([CH2-])CN(Cc3ccccc3)[C@@H]2C1.[Zr+2]. The van der Waals surface area contributed by atoms with E-state index < -0.39 is 0 Å². The third kappa shape index (κ3) is 7.94. The molecule has 0 N–H and O–H groups in total. The summed E-state index contributed by atoms with van der Waals surface area (Å²) in [5.41, 5.74) is 3.01. The minimum atomic E-state index is 0. The molecule has 176 valence electrons. The van der Waals surface area contributed by atoms with Crippen LogP contribution in [-0.4, -0.2) is 17.5 Å². The average Bonchev–Trinajstić information content (AvgIpc) is 3.55. The fourth-order valence-electron chi connectivity index (χ4n) is 5.90. The molecule has 1 aromatic carbocycles. The maximum atomic E-state index is 4.46. The van der Waals surface area contributed by atoms with Gasteiger partial charge in [0.25, 0.3) is 0 Å². The number of allylic oxidation sites excluding steroid dienone is 1. The Balaban J connectivity index is 0.000000271. The van der Waals surface area contributed by atoms with E-state index >= 15 is 0 Å². The molecule has 1 saturated heterocycles. The van der Waals surface area contributed by atoms with Crippen molar-refractivity contribution < 1.29 is 26.2 Å². The second-order valence-electron chi connectivity index (χ2n) is 10.7. The van der Waals surface area contributed by atoms with Crippen LogP contribution in [0.1, 0.15) is 96.5 Å². The first-order chi connectivity index (χ1) is 15.0. The minimum absolute atomic E-state index is 0. The topological polar surface area (TPSA) is 3.24 Å². The number of nitrogens with zero attached hydrogens (tertiary/aromatic N) is 1. The van der Waals surface area contributed by atoms with Crippen LogP contribution in [0.25, 0.3) is 0 Å². The third-order valence-electron chi connectivity index (χ3n) is 8.27. The molecule has 0 bridgehead atoms. The molecule has 5 rings (SSSR count). The molecule has 3 saturated carbocycles. The summed E-state index contributed by atoms with van der Waals surface area (Å²) < 4.78 is 0. The van der Waals surface area contributed by atoms with Crippen molar-refractivity contribution in [2.45, 2.75) is 103 Å². The zero-order valence-corrected chi connectivity index (χ0v) is 23.4. The Labute approximate surface area is 218 Å². The number of rotatable bonds is 3. The standard InChI is InChI=1S/C20H27N.2C5H10.Zr/c1-15(2)18-10-11-20(4)16(3)13-21(19(20)12-18)14-17-8-6-5-7-9-17;2*1-2-4-5-3-1;/h5-9,11,16,18-19H,1,3,10,12-14H2,2,4H3;2*1-5H2;/q-2;;;+2/t16-,18+,19-,20-;;;/m1.../s1. The number of hydrogen-bond acceptors (Lipinski definition) is 1. The van der Waals surface area contributed by atoms with Crippen LogP contribution >= 0.6 is 0 Å². The molecule has 1 nitrogen and oxygen atoms in total. The monoisotopic (exact) mass is 511 g/mol. The average molecular weight is 513 g/mol. The Hall–Kier alpha value is -0.197. The Morgan fingerprint density at radius 1 is 1.00 bits per heavy atom. The molecule has 32 heavy (non-hydrogen) atoms. The van der Waals surface area contributed by atoms with Crippen molar-refractivity contribution in [3.63, 3.8) is 0 Å². The summed E-state index contributed by atoms with van der Waals surface area (Å²) in [5, 5.41) is 0. The fraction of sp³-hybridized carbons (Fsp3) is 0.667. The second kappa shape index (κ2) is 14.3. The van der Waals surface area contributed by atoms with E-state index in [0.717, 1.165) is 13.1 Å². The van der Waals surface area contributed by atoms with Crippen LogP contribution in [-0.2, 0) is 32.7 Å². The first-order valence-electron chi connectivity index (χ1n) is 13.1. The fourth-order valence-corrected chi connectivity index (χ4v) is 5.90. The van der Waals surface area contributed by atoms with Crippen molar-refractivity contribution in [2.24, 2.45) is 17.3 Å². The van der Waals surface area contributed by atoms with E-state index in [0.29, 0.717) is 17.9 Å². The predicted molar refractivity (Wildman–Crippen MR) is 136 cm³/mol. The van der Waals surface area contributed by atoms with Gasteiger partial charge in [0.1, 0.15) is 0 Å². The number of fused-ring (bicyclic) bond motifs is 1. The van der Waals surface area contributed by atoms with Crippen LogP contribution in [0.2, 0.25) is 0 Å². The normalized spacial score (nSPS) is 31.4. The van der Waals surface area contributed by atoms with E-state index in [9.17, 15) is 0 Å².